The van der Waals surface area contributed by atoms with Gasteiger partial charge < -0.3 is 14.6 Å². The highest BCUT2D eigenvalue weighted by atomic mass is 19.3. The number of rotatable bonds is 4. The van der Waals surface area contributed by atoms with E-state index >= 15 is 0 Å². The summed E-state index contributed by atoms with van der Waals surface area (Å²) in [6.07, 6.45) is 1.87. The maximum absolute atomic E-state index is 14.4. The second kappa shape index (κ2) is 5.36. The maximum Gasteiger partial charge on any atom is 0.290 e. The third-order valence-electron chi connectivity index (χ3n) is 6.78. The fraction of sp³-hybridized carbons (Fsp3) is 0.737. The summed E-state index contributed by atoms with van der Waals surface area (Å²) in [7, 11) is 0. The number of ketones is 1. The Morgan fingerprint density at radius 2 is 2.00 bits per heavy atom. The second-order valence-electron chi connectivity index (χ2n) is 8.51. The lowest BCUT2D eigenvalue weighted by atomic mass is 10.1. The molecule has 3 heterocycles. The van der Waals surface area contributed by atoms with Crippen LogP contribution in [-0.4, -0.2) is 41.4 Å². The number of hydrogen-bond acceptors (Lipinski definition) is 5. The van der Waals surface area contributed by atoms with E-state index < -0.39 is 5.92 Å². The van der Waals surface area contributed by atoms with Gasteiger partial charge in [-0.2, -0.15) is 13.8 Å². The number of Topliss-reactive ketones (excluding diaryl/α,β-unsaturated/α-hetero) is 1. The Morgan fingerprint density at radius 1 is 1.27 bits per heavy atom. The summed E-state index contributed by atoms with van der Waals surface area (Å²) in [6, 6.07) is 0.308. The highest BCUT2D eigenvalue weighted by Crippen LogP contribution is 2.55. The van der Waals surface area contributed by atoms with Gasteiger partial charge in [0, 0.05) is 44.1 Å². The molecule has 1 aromatic rings. The van der Waals surface area contributed by atoms with Crippen LogP contribution >= 0.6 is 0 Å². The van der Waals surface area contributed by atoms with Crippen LogP contribution < -0.4 is 9.80 Å². The van der Waals surface area contributed by atoms with Gasteiger partial charge in [-0.25, -0.2) is 4.98 Å². The lowest BCUT2D eigenvalue weighted by Gasteiger charge is -2.39. The number of aromatic nitrogens is 2. The van der Waals surface area contributed by atoms with Crippen molar-refractivity contribution in [2.75, 3.05) is 29.4 Å². The Morgan fingerprint density at radius 3 is 2.58 bits per heavy atom. The Bertz CT molecular complexity index is 771. The van der Waals surface area contributed by atoms with Crippen LogP contribution in [-0.2, 0) is 17.1 Å². The third kappa shape index (κ3) is 2.35. The zero-order valence-corrected chi connectivity index (χ0v) is 15.2. The predicted molar refractivity (Wildman–Crippen MR) is 93.7 cm³/mol. The van der Waals surface area contributed by atoms with E-state index in [9.17, 15) is 13.6 Å². The van der Waals surface area contributed by atoms with Crippen molar-refractivity contribution in [1.82, 2.24) is 9.97 Å². The van der Waals surface area contributed by atoms with Gasteiger partial charge in [0.05, 0.1) is 0 Å². The molecule has 1 saturated carbocycles. The summed E-state index contributed by atoms with van der Waals surface area (Å²) in [5.74, 6) is 0.0727. The number of piperidine rings is 1. The van der Waals surface area contributed by atoms with Crippen molar-refractivity contribution in [1.29, 1.82) is 0 Å². The molecule has 0 amide bonds. The molecule has 0 radical (unpaired) electrons. The molecule has 0 aromatic carbocycles. The Balaban J connectivity index is 1.45. The maximum atomic E-state index is 14.4. The van der Waals surface area contributed by atoms with Crippen molar-refractivity contribution < 1.29 is 13.6 Å². The first-order valence-corrected chi connectivity index (χ1v) is 9.65. The molecule has 7 heteroatoms. The molecule has 140 valence electrons. The molecular weight excluding hydrogens is 338 g/mol. The molecule has 2 aliphatic heterocycles. The van der Waals surface area contributed by atoms with Gasteiger partial charge >= 0.3 is 0 Å². The highest BCUT2D eigenvalue weighted by molar-refractivity contribution is 5.76. The van der Waals surface area contributed by atoms with Crippen LogP contribution in [0.5, 0.6) is 0 Å². The standard InChI is InChI=1S/C19H24F2N4O/c1-10-4-6-25(10)18-22-16-12(3-5-19(16,20)21)17(23-18)24-8-14-13(7-11(2)26)15(14)9-24/h10,13-15H,3-9H2,1-2H3/t10-,13?,14-,15+/m0/s1. The van der Waals surface area contributed by atoms with E-state index in [2.05, 4.69) is 16.8 Å². The van der Waals surface area contributed by atoms with Crippen LogP contribution in [0.15, 0.2) is 0 Å². The first-order chi connectivity index (χ1) is 12.3. The fourth-order valence-electron chi connectivity index (χ4n) is 5.05. The summed E-state index contributed by atoms with van der Waals surface area (Å²) in [6.45, 7) is 6.21. The van der Waals surface area contributed by atoms with Crippen molar-refractivity contribution in [2.45, 2.75) is 51.5 Å². The van der Waals surface area contributed by atoms with Crippen molar-refractivity contribution in [3.8, 4) is 0 Å². The average molecular weight is 362 g/mol. The molecule has 2 saturated heterocycles. The monoisotopic (exact) mass is 362 g/mol. The third-order valence-corrected chi connectivity index (χ3v) is 6.78. The number of hydrogen-bond donors (Lipinski definition) is 0. The number of halogens is 2. The molecule has 26 heavy (non-hydrogen) atoms. The van der Waals surface area contributed by atoms with E-state index in [0.717, 1.165) is 31.9 Å². The smallest absolute Gasteiger partial charge is 0.290 e. The SMILES string of the molecule is CC(=O)CC1[C@H]2CN(c3nc(N4CC[C@@H]4C)nc4c3CCC4(F)F)C[C@@H]12. The van der Waals surface area contributed by atoms with Crippen molar-refractivity contribution >= 4 is 17.5 Å². The minimum Gasteiger partial charge on any atom is -0.356 e. The average Bonchev–Trinajstić information content (AvgIpc) is 2.93. The van der Waals surface area contributed by atoms with E-state index in [1.165, 1.54) is 0 Å². The predicted octanol–water partition coefficient (Wildman–Crippen LogP) is 2.77. The zero-order chi connectivity index (χ0) is 18.2. The van der Waals surface area contributed by atoms with Gasteiger partial charge in [0.15, 0.2) is 0 Å². The second-order valence-corrected chi connectivity index (χ2v) is 8.51. The van der Waals surface area contributed by atoms with Gasteiger partial charge in [-0.05, 0) is 44.4 Å². The first kappa shape index (κ1) is 16.4. The lowest BCUT2D eigenvalue weighted by Crippen LogP contribution is -2.47. The summed E-state index contributed by atoms with van der Waals surface area (Å²) in [5, 5.41) is 0. The molecule has 4 aliphatic rings. The number of nitrogens with zero attached hydrogens (tertiary/aromatic N) is 4. The molecule has 5 nitrogen and oxygen atoms in total. The molecular formula is C19H24F2N4O. The molecule has 0 N–H and O–H groups in total. The van der Waals surface area contributed by atoms with Crippen LogP contribution in [0.25, 0.3) is 0 Å². The fourth-order valence-corrected chi connectivity index (χ4v) is 5.05. The summed E-state index contributed by atoms with van der Waals surface area (Å²) in [5.41, 5.74) is 0.578. The normalized spacial score (nSPS) is 33.7. The number of carbonyl (C=O) groups excluding carboxylic acids is 1. The van der Waals surface area contributed by atoms with Gasteiger partial charge in [0.2, 0.25) is 5.95 Å². The van der Waals surface area contributed by atoms with E-state index in [1.807, 2.05) is 4.90 Å². The zero-order valence-electron chi connectivity index (χ0n) is 15.2. The molecule has 5 rings (SSSR count). The van der Waals surface area contributed by atoms with E-state index in [-0.39, 0.29) is 17.9 Å². The van der Waals surface area contributed by atoms with Crippen LogP contribution in [0.3, 0.4) is 0 Å². The van der Waals surface area contributed by atoms with Crippen molar-refractivity contribution in [3.05, 3.63) is 11.3 Å². The molecule has 0 spiro atoms. The highest BCUT2D eigenvalue weighted by Gasteiger charge is 2.56. The molecule has 2 aliphatic carbocycles. The summed E-state index contributed by atoms with van der Waals surface area (Å²) in [4.78, 5) is 24.6. The van der Waals surface area contributed by atoms with E-state index in [0.29, 0.717) is 48.1 Å². The molecule has 1 unspecified atom stereocenters. The van der Waals surface area contributed by atoms with Crippen LogP contribution in [0, 0.1) is 17.8 Å². The Labute approximate surface area is 151 Å². The number of carbonyl (C=O) groups is 1. The Kier molecular flexibility index (Phi) is 3.38. The van der Waals surface area contributed by atoms with Crippen LogP contribution in [0.2, 0.25) is 0 Å². The van der Waals surface area contributed by atoms with E-state index in [1.54, 1.807) is 6.92 Å². The lowest BCUT2D eigenvalue weighted by molar-refractivity contribution is -0.117. The van der Waals surface area contributed by atoms with Gasteiger partial charge in [-0.1, -0.05) is 0 Å². The molecule has 4 atom stereocenters. The Hall–Kier alpha value is -1.79. The number of alkyl halides is 2. The van der Waals surface area contributed by atoms with Crippen molar-refractivity contribution in [3.63, 3.8) is 0 Å². The minimum atomic E-state index is -2.85. The largest absolute Gasteiger partial charge is 0.356 e. The molecule has 3 fully saturated rings. The minimum absolute atomic E-state index is 0.0579. The summed E-state index contributed by atoms with van der Waals surface area (Å²) < 4.78 is 28.8. The van der Waals surface area contributed by atoms with Gasteiger partial charge in [0.25, 0.3) is 5.92 Å². The number of fused-ring (bicyclic) bond motifs is 2. The van der Waals surface area contributed by atoms with E-state index in [4.69, 9.17) is 4.98 Å². The quantitative estimate of drug-likeness (QED) is 0.824. The summed E-state index contributed by atoms with van der Waals surface area (Å²) >= 11 is 0. The molecule has 1 aromatic heterocycles. The topological polar surface area (TPSA) is 49.3 Å². The first-order valence-electron chi connectivity index (χ1n) is 9.65. The van der Waals surface area contributed by atoms with Crippen molar-refractivity contribution in [2.24, 2.45) is 17.8 Å². The number of anilines is 2. The van der Waals surface area contributed by atoms with Crippen LogP contribution in [0.4, 0.5) is 20.5 Å². The van der Waals surface area contributed by atoms with Gasteiger partial charge in [0.1, 0.15) is 17.3 Å². The van der Waals surface area contributed by atoms with Gasteiger partial charge in [-0.3, -0.25) is 0 Å². The van der Waals surface area contributed by atoms with Gasteiger partial charge in [-0.15, -0.1) is 0 Å². The molecule has 0 bridgehead atoms. The van der Waals surface area contributed by atoms with Crippen LogP contribution in [0.1, 0.15) is 44.4 Å².